The van der Waals surface area contributed by atoms with Crippen LogP contribution < -0.4 is 9.64 Å². The monoisotopic (exact) mass is 528 g/mol. The van der Waals surface area contributed by atoms with Crippen LogP contribution in [-0.2, 0) is 21.8 Å². The van der Waals surface area contributed by atoms with Gasteiger partial charge in [-0.25, -0.2) is 4.98 Å². The minimum atomic E-state index is -1.06. The number of piperazine rings is 1. The van der Waals surface area contributed by atoms with Gasteiger partial charge in [-0.05, 0) is 43.3 Å². The summed E-state index contributed by atoms with van der Waals surface area (Å²) in [7, 11) is 0. The molecule has 0 saturated carbocycles. The summed E-state index contributed by atoms with van der Waals surface area (Å²) in [4.78, 5) is 8.84. The Bertz CT molecular complexity index is 1180. The number of hydrogen-bond acceptors (Lipinski definition) is 6. The van der Waals surface area contributed by atoms with Crippen LogP contribution in [0.2, 0.25) is 10.0 Å². The standard InChI is InChI=1S/C27H30Cl2N4O3/c1-20(2)32-11-13-33(14-12-32)22-4-6-23(7-5-22)34-16-24-17-35-27(36-24,18-31-10-9-30-19-31)25-8-3-21(28)15-26(25)29/h3-10,15,19,24H,1,11-14,16-18H2,2H3/t24?,27-/m0/s1. The predicted molar refractivity (Wildman–Crippen MR) is 142 cm³/mol. The first-order chi connectivity index (χ1) is 17.4. The van der Waals surface area contributed by atoms with Crippen LogP contribution in [0.4, 0.5) is 5.69 Å². The van der Waals surface area contributed by atoms with E-state index in [1.165, 1.54) is 5.69 Å². The summed E-state index contributed by atoms with van der Waals surface area (Å²) in [6.07, 6.45) is 5.04. The maximum Gasteiger partial charge on any atom is 0.215 e. The molecule has 190 valence electrons. The summed E-state index contributed by atoms with van der Waals surface area (Å²) >= 11 is 12.7. The highest BCUT2D eigenvalue weighted by atomic mass is 35.5. The minimum absolute atomic E-state index is 0.268. The molecule has 2 saturated heterocycles. The van der Waals surface area contributed by atoms with Crippen molar-refractivity contribution in [3.8, 4) is 5.75 Å². The van der Waals surface area contributed by atoms with E-state index < -0.39 is 5.79 Å². The number of rotatable bonds is 8. The number of anilines is 1. The molecule has 3 heterocycles. The second kappa shape index (κ2) is 10.7. The van der Waals surface area contributed by atoms with Gasteiger partial charge in [-0.15, -0.1) is 0 Å². The Labute approximate surface area is 221 Å². The Morgan fingerprint density at radius 1 is 1.14 bits per heavy atom. The van der Waals surface area contributed by atoms with Gasteiger partial charge in [-0.3, -0.25) is 0 Å². The van der Waals surface area contributed by atoms with Crippen LogP contribution in [0, 0.1) is 0 Å². The molecule has 0 spiro atoms. The van der Waals surface area contributed by atoms with Gasteiger partial charge in [0.05, 0.1) is 24.5 Å². The summed E-state index contributed by atoms with van der Waals surface area (Å²) in [6.45, 7) is 11.2. The highest BCUT2D eigenvalue weighted by Gasteiger charge is 2.45. The second-order valence-corrected chi connectivity index (χ2v) is 10.0. The molecule has 2 aliphatic heterocycles. The fourth-order valence-electron chi connectivity index (χ4n) is 4.66. The summed E-state index contributed by atoms with van der Waals surface area (Å²) in [6, 6.07) is 13.6. The molecule has 2 fully saturated rings. The molecule has 2 aromatic carbocycles. The largest absolute Gasteiger partial charge is 0.491 e. The minimum Gasteiger partial charge on any atom is -0.491 e. The van der Waals surface area contributed by atoms with E-state index in [2.05, 4.69) is 40.4 Å². The molecule has 5 rings (SSSR count). The van der Waals surface area contributed by atoms with Crippen LogP contribution in [0.5, 0.6) is 5.75 Å². The Kier molecular flexibility index (Phi) is 7.44. The Morgan fingerprint density at radius 2 is 1.92 bits per heavy atom. The van der Waals surface area contributed by atoms with Crippen molar-refractivity contribution in [3.63, 3.8) is 0 Å². The third kappa shape index (κ3) is 5.49. The SMILES string of the molecule is C=C(C)N1CCN(c2ccc(OCC3CO[C@](Cn4ccnc4)(c4ccc(Cl)cc4Cl)O3)cc2)CC1. The van der Waals surface area contributed by atoms with Crippen molar-refractivity contribution < 1.29 is 14.2 Å². The highest BCUT2D eigenvalue weighted by molar-refractivity contribution is 6.35. The van der Waals surface area contributed by atoms with E-state index in [9.17, 15) is 0 Å². The first-order valence-corrected chi connectivity index (χ1v) is 12.8. The molecule has 1 aromatic heterocycles. The Hall–Kier alpha value is -2.71. The normalized spacial score (nSPS) is 22.1. The third-order valence-electron chi connectivity index (χ3n) is 6.61. The van der Waals surface area contributed by atoms with Gasteiger partial charge in [0.1, 0.15) is 18.5 Å². The Morgan fingerprint density at radius 3 is 2.58 bits per heavy atom. The molecule has 9 heteroatoms. The fraction of sp³-hybridized carbons (Fsp3) is 0.370. The van der Waals surface area contributed by atoms with Crippen LogP contribution in [0.15, 0.2) is 73.5 Å². The molecule has 0 aliphatic carbocycles. The quantitative estimate of drug-likeness (QED) is 0.400. The number of hydrogen-bond donors (Lipinski definition) is 0. The van der Waals surface area contributed by atoms with E-state index in [0.717, 1.165) is 43.2 Å². The molecule has 3 aromatic rings. The van der Waals surface area contributed by atoms with Crippen molar-refractivity contribution in [3.05, 3.63) is 89.1 Å². The van der Waals surface area contributed by atoms with Crippen LogP contribution in [0.3, 0.4) is 0 Å². The highest BCUT2D eigenvalue weighted by Crippen LogP contribution is 2.40. The lowest BCUT2D eigenvalue weighted by Gasteiger charge is -2.37. The molecular formula is C27H30Cl2N4O3. The number of halogens is 2. The van der Waals surface area contributed by atoms with E-state index in [0.29, 0.717) is 29.8 Å². The first kappa shape index (κ1) is 25.0. The van der Waals surface area contributed by atoms with E-state index >= 15 is 0 Å². The molecule has 2 aliphatic rings. The summed E-state index contributed by atoms with van der Waals surface area (Å²) < 4.78 is 20.7. The van der Waals surface area contributed by atoms with Gasteiger partial charge in [-0.1, -0.05) is 35.8 Å². The predicted octanol–water partition coefficient (Wildman–Crippen LogP) is 5.19. The van der Waals surface area contributed by atoms with Crippen molar-refractivity contribution in [2.24, 2.45) is 0 Å². The molecule has 0 N–H and O–H groups in total. The third-order valence-corrected chi connectivity index (χ3v) is 7.16. The molecule has 0 amide bonds. The smallest absolute Gasteiger partial charge is 0.215 e. The van der Waals surface area contributed by atoms with Gasteiger partial charge in [0.25, 0.3) is 0 Å². The second-order valence-electron chi connectivity index (χ2n) is 9.18. The average Bonchev–Trinajstić information content (AvgIpc) is 3.54. The molecule has 0 bridgehead atoms. The van der Waals surface area contributed by atoms with Crippen molar-refractivity contribution in [2.45, 2.75) is 25.4 Å². The van der Waals surface area contributed by atoms with Crippen molar-refractivity contribution >= 4 is 28.9 Å². The molecule has 0 radical (unpaired) electrons. The van der Waals surface area contributed by atoms with Crippen LogP contribution in [0.25, 0.3) is 0 Å². The number of nitrogens with zero attached hydrogens (tertiary/aromatic N) is 4. The maximum absolute atomic E-state index is 6.55. The maximum atomic E-state index is 6.55. The van der Waals surface area contributed by atoms with Gasteiger partial charge >= 0.3 is 0 Å². The lowest BCUT2D eigenvalue weighted by atomic mass is 10.1. The van der Waals surface area contributed by atoms with Gasteiger partial charge in [0.15, 0.2) is 0 Å². The molecular weight excluding hydrogens is 499 g/mol. The van der Waals surface area contributed by atoms with Crippen molar-refractivity contribution in [1.82, 2.24) is 14.5 Å². The topological polar surface area (TPSA) is 52.0 Å². The van der Waals surface area contributed by atoms with E-state index in [1.54, 1.807) is 24.7 Å². The van der Waals surface area contributed by atoms with Crippen LogP contribution in [-0.4, -0.2) is 59.9 Å². The summed E-state index contributed by atoms with van der Waals surface area (Å²) in [5.74, 6) is -0.272. The number of allylic oxidation sites excluding steroid dienone is 1. The van der Waals surface area contributed by atoms with Crippen LogP contribution in [0.1, 0.15) is 12.5 Å². The van der Waals surface area contributed by atoms with E-state index in [4.69, 9.17) is 37.4 Å². The number of benzene rings is 2. The average molecular weight is 529 g/mol. The number of imidazole rings is 1. The molecule has 36 heavy (non-hydrogen) atoms. The fourth-order valence-corrected chi connectivity index (χ4v) is 5.22. The Balaban J connectivity index is 1.22. The zero-order valence-electron chi connectivity index (χ0n) is 20.3. The number of ether oxygens (including phenoxy) is 3. The van der Waals surface area contributed by atoms with Gasteiger partial charge in [-0.2, -0.15) is 0 Å². The number of aromatic nitrogens is 2. The van der Waals surface area contributed by atoms with Gasteiger partial charge in [0, 0.05) is 60.5 Å². The lowest BCUT2D eigenvalue weighted by Crippen LogP contribution is -2.45. The van der Waals surface area contributed by atoms with Gasteiger partial charge in [0.2, 0.25) is 5.79 Å². The van der Waals surface area contributed by atoms with E-state index in [-0.39, 0.29) is 6.10 Å². The lowest BCUT2D eigenvalue weighted by molar-refractivity contribution is -0.189. The van der Waals surface area contributed by atoms with E-state index in [1.807, 2.05) is 29.0 Å². The zero-order valence-corrected chi connectivity index (χ0v) is 21.8. The van der Waals surface area contributed by atoms with Gasteiger partial charge < -0.3 is 28.6 Å². The van der Waals surface area contributed by atoms with Crippen molar-refractivity contribution in [2.75, 3.05) is 44.3 Å². The molecule has 7 nitrogen and oxygen atoms in total. The summed E-state index contributed by atoms with van der Waals surface area (Å²) in [5, 5.41) is 1.05. The van der Waals surface area contributed by atoms with Crippen LogP contribution >= 0.6 is 23.2 Å². The molecule has 2 atom stereocenters. The molecule has 1 unspecified atom stereocenters. The zero-order chi connectivity index (χ0) is 25.1. The summed E-state index contributed by atoms with van der Waals surface area (Å²) in [5.41, 5.74) is 3.05. The first-order valence-electron chi connectivity index (χ1n) is 12.0. The van der Waals surface area contributed by atoms with Crippen molar-refractivity contribution in [1.29, 1.82) is 0 Å².